The summed E-state index contributed by atoms with van der Waals surface area (Å²) < 4.78 is 10.4. The molecule has 1 aromatic rings. The number of nitrogens with one attached hydrogen (secondary N) is 1. The Kier molecular flexibility index (Phi) is 3.63. The Bertz CT molecular complexity index is 778. The number of benzene rings is 1. The van der Waals surface area contributed by atoms with E-state index in [4.69, 9.17) is 9.47 Å². The number of amides is 1. The van der Waals surface area contributed by atoms with Gasteiger partial charge in [-0.1, -0.05) is 19.8 Å². The minimum absolute atomic E-state index is 0.00103. The molecular formula is C17H19N3O5. The molecule has 0 bridgehead atoms. The van der Waals surface area contributed by atoms with Gasteiger partial charge in [-0.05, 0) is 30.2 Å². The second-order valence-electron chi connectivity index (χ2n) is 7.09. The van der Waals surface area contributed by atoms with Gasteiger partial charge in [0.1, 0.15) is 0 Å². The number of carbonyl (C=O) groups excluding carboxylic acids is 1. The third kappa shape index (κ3) is 2.61. The summed E-state index contributed by atoms with van der Waals surface area (Å²) in [6.45, 7) is 2.19. The molecule has 0 spiro atoms. The number of nitro benzene ring substituents is 1. The highest BCUT2D eigenvalue weighted by molar-refractivity contribution is 5.89. The lowest BCUT2D eigenvalue weighted by Gasteiger charge is -2.15. The van der Waals surface area contributed by atoms with E-state index in [2.05, 4.69) is 17.5 Å². The topological polar surface area (TPSA) is 103 Å². The van der Waals surface area contributed by atoms with Gasteiger partial charge in [0, 0.05) is 5.92 Å². The average molecular weight is 345 g/mol. The van der Waals surface area contributed by atoms with Crippen LogP contribution in [0.25, 0.3) is 0 Å². The number of hydrogen-bond acceptors (Lipinski definition) is 6. The van der Waals surface area contributed by atoms with Crippen molar-refractivity contribution in [3.05, 3.63) is 27.8 Å². The van der Waals surface area contributed by atoms with Crippen molar-refractivity contribution in [2.24, 2.45) is 22.4 Å². The first-order valence-corrected chi connectivity index (χ1v) is 8.41. The molecule has 1 aromatic carbocycles. The van der Waals surface area contributed by atoms with Crippen LogP contribution < -0.4 is 14.9 Å². The fourth-order valence-electron chi connectivity index (χ4n) is 4.29. The lowest BCUT2D eigenvalue weighted by molar-refractivity contribution is -0.385. The number of nitrogens with zero attached hydrogens (tertiary/aromatic N) is 2. The van der Waals surface area contributed by atoms with Crippen LogP contribution in [-0.2, 0) is 4.79 Å². The van der Waals surface area contributed by atoms with E-state index >= 15 is 0 Å². The van der Waals surface area contributed by atoms with Crippen molar-refractivity contribution in [2.75, 3.05) is 6.79 Å². The summed E-state index contributed by atoms with van der Waals surface area (Å²) in [7, 11) is 0. The monoisotopic (exact) mass is 345 g/mol. The molecule has 25 heavy (non-hydrogen) atoms. The minimum Gasteiger partial charge on any atom is -0.454 e. The van der Waals surface area contributed by atoms with Crippen molar-refractivity contribution in [1.82, 2.24) is 5.43 Å². The van der Waals surface area contributed by atoms with Crippen molar-refractivity contribution in [1.29, 1.82) is 0 Å². The lowest BCUT2D eigenvalue weighted by atomic mass is 9.90. The van der Waals surface area contributed by atoms with Gasteiger partial charge in [0.05, 0.1) is 22.8 Å². The van der Waals surface area contributed by atoms with Crippen molar-refractivity contribution >= 4 is 17.8 Å². The predicted molar refractivity (Wildman–Crippen MR) is 88.5 cm³/mol. The Labute approximate surface area is 144 Å². The van der Waals surface area contributed by atoms with Crippen LogP contribution in [0.15, 0.2) is 17.2 Å². The number of carbonyl (C=O) groups is 1. The fraction of sp³-hybridized carbons (Fsp3) is 0.529. The summed E-state index contributed by atoms with van der Waals surface area (Å²) in [5.41, 5.74) is 2.76. The molecule has 3 atom stereocenters. The van der Waals surface area contributed by atoms with Crippen LogP contribution in [0, 0.1) is 27.4 Å². The molecule has 0 radical (unpaired) electrons. The number of fused-ring (bicyclic) bond motifs is 2. The highest BCUT2D eigenvalue weighted by atomic mass is 16.7. The van der Waals surface area contributed by atoms with Gasteiger partial charge in [-0.25, -0.2) is 5.43 Å². The van der Waals surface area contributed by atoms with E-state index in [9.17, 15) is 14.9 Å². The molecule has 0 saturated heterocycles. The summed E-state index contributed by atoms with van der Waals surface area (Å²) in [6, 6.07) is 2.80. The zero-order chi connectivity index (χ0) is 17.6. The van der Waals surface area contributed by atoms with E-state index in [-0.39, 0.29) is 35.3 Å². The van der Waals surface area contributed by atoms with Crippen molar-refractivity contribution < 1.29 is 19.2 Å². The Balaban J connectivity index is 1.47. The maximum absolute atomic E-state index is 12.4. The molecule has 2 aliphatic carbocycles. The highest BCUT2D eigenvalue weighted by Crippen LogP contribution is 2.66. The maximum Gasteiger partial charge on any atom is 0.282 e. The van der Waals surface area contributed by atoms with Gasteiger partial charge in [-0.3, -0.25) is 14.9 Å². The van der Waals surface area contributed by atoms with Crippen LogP contribution in [0.4, 0.5) is 5.69 Å². The smallest absolute Gasteiger partial charge is 0.282 e. The summed E-state index contributed by atoms with van der Waals surface area (Å²) in [5, 5.41) is 15.1. The van der Waals surface area contributed by atoms with Gasteiger partial charge in [-0.15, -0.1) is 0 Å². The second kappa shape index (κ2) is 5.72. The van der Waals surface area contributed by atoms with Crippen LogP contribution in [-0.4, -0.2) is 23.8 Å². The van der Waals surface area contributed by atoms with Crippen LogP contribution in [0.1, 0.15) is 38.2 Å². The molecule has 1 N–H and O–H groups in total. The molecule has 132 valence electrons. The molecular weight excluding hydrogens is 326 g/mol. The minimum atomic E-state index is -0.512. The zero-order valence-electron chi connectivity index (χ0n) is 13.9. The lowest BCUT2D eigenvalue weighted by Crippen LogP contribution is -2.22. The average Bonchev–Trinajstić information content (AvgIpc) is 2.95. The fourth-order valence-corrected chi connectivity index (χ4v) is 4.29. The summed E-state index contributed by atoms with van der Waals surface area (Å²) >= 11 is 0. The quantitative estimate of drug-likeness (QED) is 0.513. The molecule has 8 nitrogen and oxygen atoms in total. The first kappa shape index (κ1) is 15.9. The van der Waals surface area contributed by atoms with E-state index < -0.39 is 4.92 Å². The molecule has 1 amide bonds. The number of hydrogen-bond donors (Lipinski definition) is 1. The van der Waals surface area contributed by atoms with E-state index in [1.807, 2.05) is 0 Å². The molecule has 8 heteroatoms. The van der Waals surface area contributed by atoms with Crippen molar-refractivity contribution in [3.8, 4) is 11.5 Å². The number of ether oxygens (including phenoxy) is 2. The number of hydrazone groups is 1. The molecule has 3 aliphatic rings. The third-order valence-electron chi connectivity index (χ3n) is 5.71. The van der Waals surface area contributed by atoms with E-state index in [0.29, 0.717) is 17.4 Å². The highest BCUT2D eigenvalue weighted by Gasteiger charge is 2.64. The van der Waals surface area contributed by atoms with Gasteiger partial charge >= 0.3 is 0 Å². The number of nitro groups is 1. The molecule has 1 aliphatic heterocycles. The molecule has 4 rings (SSSR count). The van der Waals surface area contributed by atoms with Gasteiger partial charge < -0.3 is 9.47 Å². The second-order valence-corrected chi connectivity index (χ2v) is 7.09. The largest absolute Gasteiger partial charge is 0.454 e. The standard InChI is InChI=1S/C17H19N3O5/c1-17-5-3-2-4-11(17)15(17)16(21)19-18-8-10-6-13-14(25-9-24-13)7-12(10)20(22)23/h6-8,11,15H,2-5,9H2,1H3,(H,19,21)/b18-8-/t11-,15+,17-/m0/s1. The van der Waals surface area contributed by atoms with Crippen LogP contribution in [0.2, 0.25) is 0 Å². The maximum atomic E-state index is 12.4. The zero-order valence-corrected chi connectivity index (χ0v) is 13.9. The van der Waals surface area contributed by atoms with Gasteiger partial charge in [0.25, 0.3) is 5.69 Å². The summed E-state index contributed by atoms with van der Waals surface area (Å²) in [5.74, 6) is 1.10. The Morgan fingerprint density at radius 2 is 2.16 bits per heavy atom. The first-order chi connectivity index (χ1) is 12.0. The Hall–Kier alpha value is -2.64. The predicted octanol–water partition coefficient (Wildman–Crippen LogP) is 2.60. The van der Waals surface area contributed by atoms with Crippen molar-refractivity contribution in [2.45, 2.75) is 32.6 Å². The summed E-state index contributed by atoms with van der Waals surface area (Å²) in [6.07, 6.45) is 5.80. The molecule has 2 fully saturated rings. The van der Waals surface area contributed by atoms with Crippen molar-refractivity contribution in [3.63, 3.8) is 0 Å². The Morgan fingerprint density at radius 3 is 2.84 bits per heavy atom. The molecule has 1 heterocycles. The van der Waals surface area contributed by atoms with E-state index in [1.165, 1.54) is 31.2 Å². The van der Waals surface area contributed by atoms with E-state index in [0.717, 1.165) is 12.8 Å². The number of rotatable bonds is 4. The van der Waals surface area contributed by atoms with Gasteiger partial charge in [0.15, 0.2) is 11.5 Å². The van der Waals surface area contributed by atoms with Crippen LogP contribution >= 0.6 is 0 Å². The van der Waals surface area contributed by atoms with Crippen LogP contribution in [0.5, 0.6) is 11.5 Å². The van der Waals surface area contributed by atoms with Gasteiger partial charge in [-0.2, -0.15) is 5.10 Å². The third-order valence-corrected chi connectivity index (χ3v) is 5.71. The summed E-state index contributed by atoms with van der Waals surface area (Å²) in [4.78, 5) is 23.1. The SMILES string of the molecule is C[C@]12CCCC[C@H]1[C@@H]2C(=O)N/N=C\c1cc2c(cc1[N+](=O)[O-])OCO2. The van der Waals surface area contributed by atoms with Gasteiger partial charge in [0.2, 0.25) is 12.7 Å². The normalized spacial score (nSPS) is 29.3. The molecule has 2 saturated carbocycles. The molecule has 0 unspecified atom stereocenters. The Morgan fingerprint density at radius 1 is 1.40 bits per heavy atom. The van der Waals surface area contributed by atoms with Crippen LogP contribution in [0.3, 0.4) is 0 Å². The molecule has 0 aromatic heterocycles. The van der Waals surface area contributed by atoms with E-state index in [1.54, 1.807) is 0 Å². The first-order valence-electron chi connectivity index (χ1n) is 8.41.